The highest BCUT2D eigenvalue weighted by molar-refractivity contribution is 5.71. The summed E-state index contributed by atoms with van der Waals surface area (Å²) < 4.78 is 7.38. The van der Waals surface area contributed by atoms with Crippen LogP contribution in [0, 0.1) is 5.92 Å². The first kappa shape index (κ1) is 15.0. The monoisotopic (exact) mass is 281 g/mol. The number of carboxylic acid groups (broad SMARTS) is 1. The average Bonchev–Trinajstić information content (AvgIpc) is 3.03. The summed E-state index contributed by atoms with van der Waals surface area (Å²) in [6.45, 7) is 4.65. The van der Waals surface area contributed by atoms with E-state index in [1.54, 1.807) is 6.20 Å². The van der Waals surface area contributed by atoms with Crippen molar-refractivity contribution in [2.45, 2.75) is 25.8 Å². The third-order valence-corrected chi connectivity index (χ3v) is 3.89. The Kier molecular flexibility index (Phi) is 5.14. The lowest BCUT2D eigenvalue weighted by Gasteiger charge is -2.29. The Morgan fingerprint density at radius 1 is 1.55 bits per heavy atom. The molecule has 6 heteroatoms. The lowest BCUT2D eigenvalue weighted by atomic mass is 10.0. The van der Waals surface area contributed by atoms with Gasteiger partial charge in [0.1, 0.15) is 5.82 Å². The second-order valence-electron chi connectivity index (χ2n) is 5.29. The van der Waals surface area contributed by atoms with Gasteiger partial charge in [0.2, 0.25) is 0 Å². The van der Waals surface area contributed by atoms with Crippen molar-refractivity contribution in [3.63, 3.8) is 0 Å². The van der Waals surface area contributed by atoms with Crippen LogP contribution in [0.3, 0.4) is 0 Å². The highest BCUT2D eigenvalue weighted by atomic mass is 16.5. The van der Waals surface area contributed by atoms with Gasteiger partial charge in [-0.15, -0.1) is 0 Å². The molecule has 1 aromatic rings. The molecule has 6 nitrogen and oxygen atoms in total. The zero-order valence-corrected chi connectivity index (χ0v) is 12.2. The third-order valence-electron chi connectivity index (χ3n) is 3.89. The normalized spacial score (nSPS) is 22.6. The van der Waals surface area contributed by atoms with Gasteiger partial charge < -0.3 is 14.4 Å². The van der Waals surface area contributed by atoms with Crippen LogP contribution < -0.4 is 0 Å². The van der Waals surface area contributed by atoms with Gasteiger partial charge in [0.15, 0.2) is 0 Å². The van der Waals surface area contributed by atoms with Crippen LogP contribution in [0.4, 0.5) is 0 Å². The standard InChI is InChI=1S/C14H23N3O3/c1-3-6-17(7-4-13-15-5-8-16(13)2)12-10-20-9-11(12)14(18)19/h5,8,11-12H,3-4,6-7,9-10H2,1-2H3,(H,18,19). The fraction of sp³-hybridized carbons (Fsp3) is 0.714. The predicted molar refractivity (Wildman–Crippen MR) is 74.5 cm³/mol. The van der Waals surface area contributed by atoms with E-state index in [1.165, 1.54) is 0 Å². The van der Waals surface area contributed by atoms with E-state index in [-0.39, 0.29) is 6.04 Å². The van der Waals surface area contributed by atoms with Crippen LogP contribution in [0.25, 0.3) is 0 Å². The summed E-state index contributed by atoms with van der Waals surface area (Å²) in [6.07, 6.45) is 5.55. The molecule has 0 bridgehead atoms. The molecule has 2 heterocycles. The summed E-state index contributed by atoms with van der Waals surface area (Å²) in [5.41, 5.74) is 0. The van der Waals surface area contributed by atoms with E-state index < -0.39 is 11.9 Å². The maximum Gasteiger partial charge on any atom is 0.310 e. The Balaban J connectivity index is 1.99. The fourth-order valence-electron chi connectivity index (χ4n) is 2.75. The number of hydrogen-bond donors (Lipinski definition) is 1. The third kappa shape index (κ3) is 3.37. The molecule has 1 aliphatic heterocycles. The number of aromatic nitrogens is 2. The summed E-state index contributed by atoms with van der Waals surface area (Å²) in [4.78, 5) is 17.8. The van der Waals surface area contributed by atoms with E-state index in [4.69, 9.17) is 4.74 Å². The Hall–Kier alpha value is -1.40. The molecule has 0 spiro atoms. The minimum atomic E-state index is -0.759. The van der Waals surface area contributed by atoms with Gasteiger partial charge >= 0.3 is 5.97 Å². The van der Waals surface area contributed by atoms with E-state index >= 15 is 0 Å². The number of aryl methyl sites for hydroxylation is 1. The minimum Gasteiger partial charge on any atom is -0.481 e. The Morgan fingerprint density at radius 2 is 2.35 bits per heavy atom. The first-order chi connectivity index (χ1) is 9.63. The Morgan fingerprint density at radius 3 is 2.95 bits per heavy atom. The Bertz CT molecular complexity index is 447. The summed E-state index contributed by atoms with van der Waals surface area (Å²) >= 11 is 0. The molecular weight excluding hydrogens is 258 g/mol. The number of aliphatic carboxylic acids is 1. The maximum absolute atomic E-state index is 11.3. The molecule has 0 saturated carbocycles. The van der Waals surface area contributed by atoms with Gasteiger partial charge in [-0.3, -0.25) is 9.69 Å². The van der Waals surface area contributed by atoms with Crippen molar-refractivity contribution in [2.24, 2.45) is 13.0 Å². The van der Waals surface area contributed by atoms with Crippen molar-refractivity contribution in [1.29, 1.82) is 0 Å². The molecule has 1 saturated heterocycles. The van der Waals surface area contributed by atoms with Gasteiger partial charge in [-0.2, -0.15) is 0 Å². The largest absolute Gasteiger partial charge is 0.481 e. The van der Waals surface area contributed by atoms with Crippen molar-refractivity contribution in [3.8, 4) is 0 Å². The zero-order valence-electron chi connectivity index (χ0n) is 12.2. The van der Waals surface area contributed by atoms with E-state index in [0.717, 1.165) is 31.8 Å². The van der Waals surface area contributed by atoms with Crippen LogP contribution in [0.1, 0.15) is 19.2 Å². The number of nitrogens with zero attached hydrogens (tertiary/aromatic N) is 3. The summed E-state index contributed by atoms with van der Waals surface area (Å²) in [6, 6.07) is -0.0206. The van der Waals surface area contributed by atoms with Crippen LogP contribution in [-0.2, 0) is 23.0 Å². The van der Waals surface area contributed by atoms with Crippen LogP contribution >= 0.6 is 0 Å². The van der Waals surface area contributed by atoms with Gasteiger partial charge in [0, 0.05) is 38.4 Å². The molecule has 2 unspecified atom stereocenters. The van der Waals surface area contributed by atoms with Crippen molar-refractivity contribution in [1.82, 2.24) is 14.5 Å². The lowest BCUT2D eigenvalue weighted by molar-refractivity contribution is -0.143. The number of carbonyl (C=O) groups is 1. The molecule has 1 aromatic heterocycles. The van der Waals surface area contributed by atoms with E-state index in [2.05, 4.69) is 16.8 Å². The molecule has 2 atom stereocenters. The topological polar surface area (TPSA) is 67.6 Å². The quantitative estimate of drug-likeness (QED) is 0.800. The molecule has 1 fully saturated rings. The maximum atomic E-state index is 11.3. The number of ether oxygens (including phenoxy) is 1. The number of hydrogen-bond acceptors (Lipinski definition) is 4. The molecule has 0 amide bonds. The first-order valence-corrected chi connectivity index (χ1v) is 7.14. The Labute approximate surface area is 119 Å². The highest BCUT2D eigenvalue weighted by Crippen LogP contribution is 2.20. The highest BCUT2D eigenvalue weighted by Gasteiger charge is 2.37. The molecular formula is C14H23N3O3. The second-order valence-corrected chi connectivity index (χ2v) is 5.29. The van der Waals surface area contributed by atoms with Crippen LogP contribution in [-0.4, -0.2) is 57.9 Å². The molecule has 1 aliphatic rings. The zero-order chi connectivity index (χ0) is 14.5. The van der Waals surface area contributed by atoms with Gasteiger partial charge in [-0.1, -0.05) is 6.92 Å². The summed E-state index contributed by atoms with van der Waals surface area (Å²) in [7, 11) is 1.98. The van der Waals surface area contributed by atoms with Crippen molar-refractivity contribution in [3.05, 3.63) is 18.2 Å². The molecule has 2 rings (SSSR count). The molecule has 0 aliphatic carbocycles. The van der Waals surface area contributed by atoms with Crippen molar-refractivity contribution >= 4 is 5.97 Å². The molecule has 112 valence electrons. The number of rotatable bonds is 7. The number of imidazole rings is 1. The predicted octanol–water partition coefficient (Wildman–Crippen LogP) is 0.774. The van der Waals surface area contributed by atoms with Gasteiger partial charge in [0.05, 0.1) is 19.1 Å². The van der Waals surface area contributed by atoms with Gasteiger partial charge in [-0.25, -0.2) is 4.98 Å². The molecule has 0 radical (unpaired) electrons. The van der Waals surface area contributed by atoms with E-state index in [1.807, 2.05) is 17.8 Å². The van der Waals surface area contributed by atoms with Crippen molar-refractivity contribution in [2.75, 3.05) is 26.3 Å². The first-order valence-electron chi connectivity index (χ1n) is 7.14. The van der Waals surface area contributed by atoms with E-state index in [0.29, 0.717) is 13.2 Å². The molecule has 1 N–H and O–H groups in total. The molecule has 20 heavy (non-hydrogen) atoms. The smallest absolute Gasteiger partial charge is 0.310 e. The van der Waals surface area contributed by atoms with Crippen LogP contribution in [0.2, 0.25) is 0 Å². The number of carboxylic acids is 1. The molecule has 0 aromatic carbocycles. The lowest BCUT2D eigenvalue weighted by Crippen LogP contribution is -2.44. The average molecular weight is 281 g/mol. The van der Waals surface area contributed by atoms with Crippen molar-refractivity contribution < 1.29 is 14.6 Å². The summed E-state index contributed by atoms with van der Waals surface area (Å²) in [5.74, 6) is -0.148. The van der Waals surface area contributed by atoms with Gasteiger partial charge in [0.25, 0.3) is 0 Å². The minimum absolute atomic E-state index is 0.0206. The second kappa shape index (κ2) is 6.85. The van der Waals surface area contributed by atoms with E-state index in [9.17, 15) is 9.90 Å². The summed E-state index contributed by atoms with van der Waals surface area (Å²) in [5, 5.41) is 9.27. The van der Waals surface area contributed by atoms with Crippen LogP contribution in [0.5, 0.6) is 0 Å². The van der Waals surface area contributed by atoms with Crippen LogP contribution in [0.15, 0.2) is 12.4 Å². The van der Waals surface area contributed by atoms with Gasteiger partial charge in [-0.05, 0) is 13.0 Å². The SMILES string of the molecule is CCCN(CCc1nccn1C)C1COCC1C(=O)O. The fourth-order valence-corrected chi connectivity index (χ4v) is 2.75.